The first kappa shape index (κ1) is 11.5. The summed E-state index contributed by atoms with van der Waals surface area (Å²) in [6.07, 6.45) is 0.746. The number of carbonyl (C=O) groups excluding carboxylic acids is 1. The van der Waals surface area contributed by atoms with Crippen molar-refractivity contribution in [3.05, 3.63) is 29.3 Å². The maximum atomic E-state index is 11.5. The van der Waals surface area contributed by atoms with Crippen LogP contribution in [0.5, 0.6) is 0 Å². The molecule has 0 heterocycles. The van der Waals surface area contributed by atoms with E-state index >= 15 is 0 Å². The van der Waals surface area contributed by atoms with Gasteiger partial charge in [0.25, 0.3) is 0 Å². The van der Waals surface area contributed by atoms with Gasteiger partial charge in [0.2, 0.25) is 5.91 Å². The standard InChI is InChI=1S/C10H11BrClNO/c1-2-7(11)10(14)13-9-6-4-3-5-8(9)12/h3-7H,2H2,1H3,(H,13,14)/t7-/m1/s1. The first-order valence-corrected chi connectivity index (χ1v) is 5.64. The maximum Gasteiger partial charge on any atom is 0.238 e. The van der Waals surface area contributed by atoms with Crippen molar-refractivity contribution in [3.8, 4) is 0 Å². The van der Waals surface area contributed by atoms with E-state index in [1.807, 2.05) is 19.1 Å². The van der Waals surface area contributed by atoms with Crippen molar-refractivity contribution >= 4 is 39.1 Å². The first-order chi connectivity index (χ1) is 6.65. The molecule has 1 amide bonds. The van der Waals surface area contributed by atoms with E-state index in [1.54, 1.807) is 12.1 Å². The summed E-state index contributed by atoms with van der Waals surface area (Å²) in [7, 11) is 0. The van der Waals surface area contributed by atoms with Crippen molar-refractivity contribution in [2.75, 3.05) is 5.32 Å². The molecular weight excluding hydrogens is 265 g/mol. The van der Waals surface area contributed by atoms with Crippen molar-refractivity contribution in [3.63, 3.8) is 0 Å². The average molecular weight is 277 g/mol. The molecule has 0 aliphatic rings. The second-order valence-corrected chi connectivity index (χ2v) is 4.36. The van der Waals surface area contributed by atoms with Gasteiger partial charge < -0.3 is 5.32 Å². The average Bonchev–Trinajstić information content (AvgIpc) is 2.20. The Labute approximate surface area is 96.8 Å². The molecule has 14 heavy (non-hydrogen) atoms. The fraction of sp³-hybridized carbons (Fsp3) is 0.300. The summed E-state index contributed by atoms with van der Waals surface area (Å²) < 4.78 is 0. The monoisotopic (exact) mass is 275 g/mol. The zero-order valence-corrected chi connectivity index (χ0v) is 10.1. The van der Waals surface area contributed by atoms with Gasteiger partial charge in [-0.05, 0) is 18.6 Å². The zero-order chi connectivity index (χ0) is 10.6. The van der Waals surface area contributed by atoms with Crippen LogP contribution in [0.3, 0.4) is 0 Å². The Hall–Kier alpha value is -0.540. The Kier molecular flexibility index (Phi) is 4.42. The van der Waals surface area contributed by atoms with Gasteiger partial charge in [-0.2, -0.15) is 0 Å². The summed E-state index contributed by atoms with van der Waals surface area (Å²) in [5, 5.41) is 3.30. The van der Waals surface area contributed by atoms with E-state index in [2.05, 4.69) is 21.2 Å². The number of hydrogen-bond donors (Lipinski definition) is 1. The second kappa shape index (κ2) is 5.37. The van der Waals surface area contributed by atoms with Crippen LogP contribution in [0.4, 0.5) is 5.69 Å². The van der Waals surface area contributed by atoms with Crippen molar-refractivity contribution in [1.29, 1.82) is 0 Å². The Morgan fingerprint density at radius 3 is 2.79 bits per heavy atom. The number of nitrogens with one attached hydrogen (secondary N) is 1. The quantitative estimate of drug-likeness (QED) is 0.842. The fourth-order valence-electron chi connectivity index (χ4n) is 0.959. The van der Waals surface area contributed by atoms with Crippen LogP contribution in [0.25, 0.3) is 0 Å². The van der Waals surface area contributed by atoms with Crippen molar-refractivity contribution in [2.45, 2.75) is 18.2 Å². The molecule has 0 spiro atoms. The van der Waals surface area contributed by atoms with E-state index in [0.717, 1.165) is 6.42 Å². The summed E-state index contributed by atoms with van der Waals surface area (Å²) in [5.41, 5.74) is 0.650. The van der Waals surface area contributed by atoms with E-state index in [1.165, 1.54) is 0 Å². The molecule has 0 aromatic heterocycles. The summed E-state index contributed by atoms with van der Waals surface area (Å²) in [4.78, 5) is 11.3. The van der Waals surface area contributed by atoms with Crippen molar-refractivity contribution in [2.24, 2.45) is 0 Å². The van der Waals surface area contributed by atoms with Crippen molar-refractivity contribution in [1.82, 2.24) is 0 Å². The third kappa shape index (κ3) is 3.00. The molecule has 0 aliphatic carbocycles. The van der Waals surface area contributed by atoms with E-state index in [4.69, 9.17) is 11.6 Å². The third-order valence-electron chi connectivity index (χ3n) is 1.77. The lowest BCUT2D eigenvalue weighted by molar-refractivity contribution is -0.115. The van der Waals surface area contributed by atoms with Crippen LogP contribution < -0.4 is 5.32 Å². The van der Waals surface area contributed by atoms with E-state index in [0.29, 0.717) is 10.7 Å². The number of amides is 1. The van der Waals surface area contributed by atoms with Crippen LogP contribution in [0.15, 0.2) is 24.3 Å². The number of halogens is 2. The summed E-state index contributed by atoms with van der Waals surface area (Å²) in [6.45, 7) is 1.94. The summed E-state index contributed by atoms with van der Waals surface area (Å²) in [5.74, 6) is -0.0689. The fourth-order valence-corrected chi connectivity index (χ4v) is 1.26. The van der Waals surface area contributed by atoms with Gasteiger partial charge in [-0.25, -0.2) is 0 Å². The lowest BCUT2D eigenvalue weighted by Crippen LogP contribution is -2.22. The predicted molar refractivity (Wildman–Crippen MR) is 63.1 cm³/mol. The van der Waals surface area contributed by atoms with Crippen LogP contribution in [0, 0.1) is 0 Å². The number of benzene rings is 1. The van der Waals surface area contributed by atoms with Gasteiger partial charge in [0.1, 0.15) is 0 Å². The molecule has 0 unspecified atom stereocenters. The smallest absolute Gasteiger partial charge is 0.238 e. The van der Waals surface area contributed by atoms with E-state index in [-0.39, 0.29) is 10.7 Å². The Morgan fingerprint density at radius 2 is 2.21 bits per heavy atom. The summed E-state index contributed by atoms with van der Waals surface area (Å²) >= 11 is 9.16. The van der Waals surface area contributed by atoms with Gasteiger partial charge in [0, 0.05) is 0 Å². The molecule has 76 valence electrons. The lowest BCUT2D eigenvalue weighted by atomic mass is 10.3. The van der Waals surface area contributed by atoms with Crippen LogP contribution in [0.2, 0.25) is 5.02 Å². The molecule has 0 fully saturated rings. The molecule has 1 rings (SSSR count). The first-order valence-electron chi connectivity index (χ1n) is 4.34. The highest BCUT2D eigenvalue weighted by Crippen LogP contribution is 2.21. The number of carbonyl (C=O) groups is 1. The van der Waals surface area contributed by atoms with Gasteiger partial charge in [-0.15, -0.1) is 0 Å². The maximum absolute atomic E-state index is 11.5. The van der Waals surface area contributed by atoms with Crippen LogP contribution in [0.1, 0.15) is 13.3 Å². The highest BCUT2D eigenvalue weighted by molar-refractivity contribution is 9.10. The van der Waals surface area contributed by atoms with Gasteiger partial charge in [-0.1, -0.05) is 46.6 Å². The number of rotatable bonds is 3. The van der Waals surface area contributed by atoms with Gasteiger partial charge in [0.15, 0.2) is 0 Å². The molecule has 4 heteroatoms. The highest BCUT2D eigenvalue weighted by atomic mass is 79.9. The topological polar surface area (TPSA) is 29.1 Å². The predicted octanol–water partition coefficient (Wildman–Crippen LogP) is 3.45. The largest absolute Gasteiger partial charge is 0.324 e. The van der Waals surface area contributed by atoms with Gasteiger partial charge in [-0.3, -0.25) is 4.79 Å². The third-order valence-corrected chi connectivity index (χ3v) is 3.17. The van der Waals surface area contributed by atoms with Crippen molar-refractivity contribution < 1.29 is 4.79 Å². The van der Waals surface area contributed by atoms with Gasteiger partial charge >= 0.3 is 0 Å². The molecule has 2 nitrogen and oxygen atoms in total. The number of anilines is 1. The normalized spacial score (nSPS) is 12.2. The minimum atomic E-state index is -0.168. The lowest BCUT2D eigenvalue weighted by Gasteiger charge is -2.09. The zero-order valence-electron chi connectivity index (χ0n) is 7.76. The molecule has 0 aliphatic heterocycles. The van der Waals surface area contributed by atoms with Crippen LogP contribution in [-0.2, 0) is 4.79 Å². The molecule has 0 radical (unpaired) electrons. The van der Waals surface area contributed by atoms with E-state index < -0.39 is 0 Å². The molecule has 1 aromatic carbocycles. The molecule has 0 bridgehead atoms. The minimum absolute atomic E-state index is 0.0689. The Balaban J connectivity index is 2.70. The number of para-hydroxylation sites is 1. The second-order valence-electron chi connectivity index (χ2n) is 2.84. The molecule has 1 N–H and O–H groups in total. The summed E-state index contributed by atoms with van der Waals surface area (Å²) in [6, 6.07) is 7.17. The molecule has 0 saturated heterocycles. The molecule has 1 aromatic rings. The Bertz CT molecular complexity index is 330. The van der Waals surface area contributed by atoms with E-state index in [9.17, 15) is 4.79 Å². The molecular formula is C10H11BrClNO. The highest BCUT2D eigenvalue weighted by Gasteiger charge is 2.13. The van der Waals surface area contributed by atoms with Crippen LogP contribution >= 0.6 is 27.5 Å². The Morgan fingerprint density at radius 1 is 1.57 bits per heavy atom. The molecule has 1 atom stereocenters. The SMILES string of the molecule is CC[C@@H](Br)C(=O)Nc1ccccc1Cl. The van der Waals surface area contributed by atoms with Gasteiger partial charge in [0.05, 0.1) is 15.5 Å². The van der Waals surface area contributed by atoms with Crippen LogP contribution in [-0.4, -0.2) is 10.7 Å². The number of hydrogen-bond acceptors (Lipinski definition) is 1. The molecule has 0 saturated carbocycles. The minimum Gasteiger partial charge on any atom is -0.324 e. The number of alkyl halides is 1.